The molecule has 42 heavy (non-hydrogen) atoms. The fourth-order valence-electron chi connectivity index (χ4n) is 6.59. The van der Waals surface area contributed by atoms with Crippen molar-refractivity contribution in [3.63, 3.8) is 0 Å². The van der Waals surface area contributed by atoms with E-state index in [-0.39, 0.29) is 38.6 Å². The first-order valence-corrected chi connectivity index (χ1v) is 13.5. The molecule has 0 aromatic heterocycles. The molecule has 1 amide bonds. The van der Waals surface area contributed by atoms with Crippen LogP contribution in [-0.4, -0.2) is 48.7 Å². The highest BCUT2D eigenvalue weighted by atomic mass is 19.4. The SMILES string of the molecule is O=C(c1c(C(F)(F)F)cccc1C(F)(F)F)C1CC2COCC(C1)N2C(=O)OCC1c2ccccc2-c2ccccc21. The third-order valence-electron chi connectivity index (χ3n) is 8.36. The summed E-state index contributed by atoms with van der Waals surface area (Å²) < 4.78 is 93.7. The molecule has 3 aromatic rings. The number of nitrogens with zero attached hydrogens (tertiary/aromatic N) is 1. The first-order valence-electron chi connectivity index (χ1n) is 13.5. The predicted molar refractivity (Wildman–Crippen MR) is 139 cm³/mol. The summed E-state index contributed by atoms with van der Waals surface area (Å²) in [6.07, 6.45) is -11.3. The largest absolute Gasteiger partial charge is 0.448 e. The third kappa shape index (κ3) is 4.93. The third-order valence-corrected chi connectivity index (χ3v) is 8.36. The predicted octanol–water partition coefficient (Wildman–Crippen LogP) is 7.34. The molecule has 5 nitrogen and oxygen atoms in total. The van der Waals surface area contributed by atoms with Gasteiger partial charge in [-0.2, -0.15) is 26.3 Å². The number of piperidine rings is 1. The van der Waals surface area contributed by atoms with E-state index < -0.39 is 58.9 Å². The molecule has 2 unspecified atom stereocenters. The minimum absolute atomic E-state index is 0.0163. The van der Waals surface area contributed by atoms with Gasteiger partial charge in [0.25, 0.3) is 0 Å². The number of hydrogen-bond acceptors (Lipinski definition) is 4. The molecule has 2 atom stereocenters. The molecule has 2 bridgehead atoms. The summed E-state index contributed by atoms with van der Waals surface area (Å²) in [5.41, 5.74) is -0.486. The summed E-state index contributed by atoms with van der Waals surface area (Å²) >= 11 is 0. The zero-order chi connectivity index (χ0) is 29.8. The Morgan fingerprint density at radius 3 is 1.76 bits per heavy atom. The zero-order valence-electron chi connectivity index (χ0n) is 22.0. The Morgan fingerprint density at radius 1 is 0.762 bits per heavy atom. The van der Waals surface area contributed by atoms with Crippen molar-refractivity contribution in [3.8, 4) is 11.1 Å². The Labute approximate surface area is 237 Å². The van der Waals surface area contributed by atoms with Crippen LogP contribution in [0, 0.1) is 5.92 Å². The fraction of sp³-hybridized carbons (Fsp3) is 0.355. The van der Waals surface area contributed by atoms with Crippen molar-refractivity contribution in [2.75, 3.05) is 19.8 Å². The Morgan fingerprint density at radius 2 is 1.26 bits per heavy atom. The van der Waals surface area contributed by atoms with Crippen molar-refractivity contribution in [3.05, 3.63) is 94.5 Å². The lowest BCUT2D eigenvalue weighted by atomic mass is 9.79. The highest BCUT2D eigenvalue weighted by Gasteiger charge is 2.48. The number of carbonyl (C=O) groups is 2. The van der Waals surface area contributed by atoms with Crippen LogP contribution in [0.15, 0.2) is 66.7 Å². The van der Waals surface area contributed by atoms with Crippen molar-refractivity contribution in [2.24, 2.45) is 5.92 Å². The van der Waals surface area contributed by atoms with Crippen LogP contribution < -0.4 is 0 Å². The minimum Gasteiger partial charge on any atom is -0.448 e. The first-order chi connectivity index (χ1) is 19.9. The van der Waals surface area contributed by atoms with Gasteiger partial charge in [-0.05, 0) is 47.2 Å². The summed E-state index contributed by atoms with van der Waals surface area (Å²) in [5, 5.41) is 0. The molecule has 220 valence electrons. The van der Waals surface area contributed by atoms with Gasteiger partial charge in [-0.15, -0.1) is 0 Å². The summed E-state index contributed by atoms with van der Waals surface area (Å²) in [7, 11) is 0. The van der Waals surface area contributed by atoms with Gasteiger partial charge in [-0.25, -0.2) is 4.79 Å². The summed E-state index contributed by atoms with van der Waals surface area (Å²) in [5.74, 6) is -2.60. The Kier molecular flexibility index (Phi) is 7.03. The maximum absolute atomic E-state index is 13.7. The van der Waals surface area contributed by atoms with Crippen LogP contribution in [0.2, 0.25) is 0 Å². The molecule has 0 saturated carbocycles. The number of carbonyl (C=O) groups excluding carboxylic acids is 2. The summed E-state index contributed by atoms with van der Waals surface area (Å²) in [4.78, 5) is 28.2. The van der Waals surface area contributed by atoms with Crippen LogP contribution in [0.25, 0.3) is 11.1 Å². The maximum atomic E-state index is 13.7. The molecule has 11 heteroatoms. The maximum Gasteiger partial charge on any atom is 0.417 e. The quantitative estimate of drug-likeness (QED) is 0.236. The van der Waals surface area contributed by atoms with E-state index in [9.17, 15) is 35.9 Å². The number of halogens is 6. The van der Waals surface area contributed by atoms with E-state index in [1.165, 1.54) is 4.90 Å². The Balaban J connectivity index is 1.22. The van der Waals surface area contributed by atoms with E-state index in [1.54, 1.807) is 0 Å². The molecule has 2 saturated heterocycles. The van der Waals surface area contributed by atoms with Crippen molar-refractivity contribution < 1.29 is 45.4 Å². The molecule has 1 aliphatic carbocycles. The molecule has 0 spiro atoms. The van der Waals surface area contributed by atoms with Gasteiger partial charge in [0, 0.05) is 17.4 Å². The number of amides is 1. The number of Topliss-reactive ketones (excluding diaryl/α,β-unsaturated/α-hetero) is 1. The molecule has 2 fully saturated rings. The number of alkyl halides is 6. The van der Waals surface area contributed by atoms with Gasteiger partial charge in [0.1, 0.15) is 6.61 Å². The lowest BCUT2D eigenvalue weighted by molar-refractivity contribution is -0.143. The summed E-state index contributed by atoms with van der Waals surface area (Å²) in [6, 6.07) is 15.8. The van der Waals surface area contributed by atoms with Crippen LogP contribution in [0.1, 0.15) is 51.4 Å². The average molecular weight is 590 g/mol. The van der Waals surface area contributed by atoms with E-state index >= 15 is 0 Å². The molecular formula is C31H25F6NO4. The standard InChI is InChI=1S/C31H25F6NO4/c32-30(33,34)25-10-5-11-26(31(35,36)37)27(25)28(39)17-12-18-14-41-15-19(13-17)38(18)29(40)42-16-24-22-8-3-1-6-20(22)21-7-2-4-9-23(21)24/h1-11,17-19,24H,12-16H2. The van der Waals surface area contributed by atoms with Crippen LogP contribution in [0.4, 0.5) is 31.1 Å². The van der Waals surface area contributed by atoms with Crippen molar-refractivity contribution in [2.45, 2.75) is 43.2 Å². The van der Waals surface area contributed by atoms with E-state index in [2.05, 4.69) is 0 Å². The number of morpholine rings is 1. The van der Waals surface area contributed by atoms with Gasteiger partial charge in [0.15, 0.2) is 5.78 Å². The lowest BCUT2D eigenvalue weighted by Gasteiger charge is -2.47. The van der Waals surface area contributed by atoms with E-state index in [0.717, 1.165) is 22.3 Å². The van der Waals surface area contributed by atoms with Crippen molar-refractivity contribution >= 4 is 11.9 Å². The van der Waals surface area contributed by atoms with Gasteiger partial charge >= 0.3 is 18.4 Å². The number of ketones is 1. The fourth-order valence-corrected chi connectivity index (χ4v) is 6.59. The van der Waals surface area contributed by atoms with E-state index in [1.807, 2.05) is 48.5 Å². The minimum atomic E-state index is -5.16. The van der Waals surface area contributed by atoms with Gasteiger partial charge in [-0.1, -0.05) is 54.6 Å². The first kappa shape index (κ1) is 28.3. The average Bonchev–Trinajstić information content (AvgIpc) is 3.27. The number of fused-ring (bicyclic) bond motifs is 5. The Bertz CT molecular complexity index is 1440. The second-order valence-corrected chi connectivity index (χ2v) is 10.8. The number of ether oxygens (including phenoxy) is 2. The number of hydrogen-bond donors (Lipinski definition) is 0. The molecular weight excluding hydrogens is 564 g/mol. The monoisotopic (exact) mass is 589 g/mol. The van der Waals surface area contributed by atoms with E-state index in [4.69, 9.17) is 9.47 Å². The second kappa shape index (κ2) is 10.4. The molecule has 3 aromatic carbocycles. The van der Waals surface area contributed by atoms with Crippen LogP contribution in [0.3, 0.4) is 0 Å². The van der Waals surface area contributed by atoms with Gasteiger partial charge < -0.3 is 9.47 Å². The second-order valence-electron chi connectivity index (χ2n) is 10.8. The topological polar surface area (TPSA) is 55.8 Å². The lowest BCUT2D eigenvalue weighted by Crippen LogP contribution is -2.60. The smallest absolute Gasteiger partial charge is 0.417 e. The molecule has 2 aliphatic heterocycles. The Hall–Kier alpha value is -3.86. The molecule has 2 heterocycles. The van der Waals surface area contributed by atoms with Crippen molar-refractivity contribution in [1.82, 2.24) is 4.90 Å². The van der Waals surface area contributed by atoms with Crippen LogP contribution >= 0.6 is 0 Å². The molecule has 0 N–H and O–H groups in total. The summed E-state index contributed by atoms with van der Waals surface area (Å²) in [6.45, 7) is 0.00889. The van der Waals surface area contributed by atoms with E-state index in [0.29, 0.717) is 18.2 Å². The molecule has 3 aliphatic rings. The van der Waals surface area contributed by atoms with Gasteiger partial charge in [0.2, 0.25) is 0 Å². The number of benzene rings is 3. The van der Waals surface area contributed by atoms with Crippen LogP contribution in [-0.2, 0) is 21.8 Å². The van der Waals surface area contributed by atoms with Gasteiger partial charge in [-0.3, -0.25) is 9.69 Å². The number of rotatable bonds is 4. The van der Waals surface area contributed by atoms with Gasteiger partial charge in [0.05, 0.1) is 36.4 Å². The highest BCUT2D eigenvalue weighted by Crippen LogP contribution is 2.45. The van der Waals surface area contributed by atoms with Crippen molar-refractivity contribution in [1.29, 1.82) is 0 Å². The van der Waals surface area contributed by atoms with Crippen LogP contribution in [0.5, 0.6) is 0 Å². The molecule has 0 radical (unpaired) electrons. The molecule has 6 rings (SSSR count). The zero-order valence-corrected chi connectivity index (χ0v) is 22.0. The normalized spacial score (nSPS) is 22.0. The highest BCUT2D eigenvalue weighted by molar-refractivity contribution is 6.01.